The van der Waals surface area contributed by atoms with Crippen molar-refractivity contribution in [2.45, 2.75) is 31.9 Å². The number of rotatable bonds is 5. The second-order valence-corrected chi connectivity index (χ2v) is 7.33. The van der Waals surface area contributed by atoms with Crippen molar-refractivity contribution in [2.75, 3.05) is 18.0 Å². The summed E-state index contributed by atoms with van der Waals surface area (Å²) < 4.78 is 6.78. The van der Waals surface area contributed by atoms with E-state index in [4.69, 9.17) is 16.3 Å². The Bertz CT molecular complexity index is 1060. The summed E-state index contributed by atoms with van der Waals surface area (Å²) in [4.78, 5) is 31.1. The number of hydrogen-bond donors (Lipinski definition) is 0. The van der Waals surface area contributed by atoms with Crippen LogP contribution >= 0.6 is 11.6 Å². The van der Waals surface area contributed by atoms with Crippen LogP contribution in [0.4, 0.5) is 5.82 Å². The number of halogens is 1. The van der Waals surface area contributed by atoms with Gasteiger partial charge >= 0.3 is 5.97 Å². The van der Waals surface area contributed by atoms with Gasteiger partial charge < -0.3 is 9.64 Å². The number of esters is 1. The van der Waals surface area contributed by atoms with Gasteiger partial charge in [-0.2, -0.15) is 0 Å². The van der Waals surface area contributed by atoms with Crippen molar-refractivity contribution in [1.82, 2.24) is 20.0 Å². The number of anilines is 1. The van der Waals surface area contributed by atoms with Gasteiger partial charge in [-0.05, 0) is 24.3 Å². The fourth-order valence-electron chi connectivity index (χ4n) is 3.37. The predicted molar refractivity (Wildman–Crippen MR) is 109 cm³/mol. The summed E-state index contributed by atoms with van der Waals surface area (Å²) in [6.45, 7) is 1.65. The van der Waals surface area contributed by atoms with E-state index in [0.717, 1.165) is 31.7 Å². The van der Waals surface area contributed by atoms with Gasteiger partial charge in [0.1, 0.15) is 17.4 Å². The molecule has 2 aromatic heterocycles. The van der Waals surface area contributed by atoms with Gasteiger partial charge in [0, 0.05) is 32.1 Å². The van der Waals surface area contributed by atoms with Crippen LogP contribution < -0.4 is 10.5 Å². The number of pyridine rings is 1. The van der Waals surface area contributed by atoms with E-state index in [1.54, 1.807) is 30.5 Å². The maximum Gasteiger partial charge on any atom is 0.307 e. The summed E-state index contributed by atoms with van der Waals surface area (Å²) in [5.41, 5.74) is 0.283. The Hall–Kier alpha value is -3.00. The van der Waals surface area contributed by atoms with Crippen molar-refractivity contribution >= 4 is 34.3 Å². The Kier molecular flexibility index (Phi) is 5.71. The van der Waals surface area contributed by atoms with Crippen LogP contribution in [0, 0.1) is 0 Å². The monoisotopic (exact) mass is 413 g/mol. The average molecular weight is 414 g/mol. The van der Waals surface area contributed by atoms with Gasteiger partial charge in [-0.3, -0.25) is 9.59 Å². The molecule has 1 saturated heterocycles. The first-order valence-corrected chi connectivity index (χ1v) is 9.86. The molecule has 0 amide bonds. The molecule has 3 heterocycles. The third-order valence-corrected chi connectivity index (χ3v) is 5.16. The fourth-order valence-corrected chi connectivity index (χ4v) is 3.48. The zero-order chi connectivity index (χ0) is 20.2. The molecular weight excluding hydrogens is 394 g/mol. The Morgan fingerprint density at radius 3 is 2.72 bits per heavy atom. The van der Waals surface area contributed by atoms with Crippen LogP contribution in [0.15, 0.2) is 47.4 Å². The van der Waals surface area contributed by atoms with Crippen LogP contribution in [0.3, 0.4) is 0 Å². The highest BCUT2D eigenvalue weighted by Gasteiger charge is 2.23. The molecule has 0 N–H and O–H groups in total. The summed E-state index contributed by atoms with van der Waals surface area (Å²) in [5.74, 6) is 0.531. The molecule has 1 fully saturated rings. The normalized spacial score (nSPS) is 14.9. The Labute approximate surface area is 172 Å². The third-order valence-electron chi connectivity index (χ3n) is 4.93. The van der Waals surface area contributed by atoms with E-state index in [1.165, 1.54) is 4.68 Å². The first-order valence-electron chi connectivity index (χ1n) is 9.49. The molecule has 150 valence electrons. The van der Waals surface area contributed by atoms with E-state index < -0.39 is 0 Å². The smallest absolute Gasteiger partial charge is 0.307 e. The Morgan fingerprint density at radius 1 is 1.17 bits per heavy atom. The van der Waals surface area contributed by atoms with Crippen molar-refractivity contribution < 1.29 is 9.53 Å². The second kappa shape index (κ2) is 8.57. The van der Waals surface area contributed by atoms with Gasteiger partial charge in [0.2, 0.25) is 0 Å². The summed E-state index contributed by atoms with van der Waals surface area (Å²) in [6.07, 6.45) is 3.02. The number of aromatic nitrogens is 4. The molecule has 0 atom stereocenters. The minimum absolute atomic E-state index is 0.0753. The molecule has 1 aliphatic rings. The van der Waals surface area contributed by atoms with E-state index in [9.17, 15) is 9.59 Å². The van der Waals surface area contributed by atoms with Crippen molar-refractivity contribution in [3.63, 3.8) is 0 Å². The van der Waals surface area contributed by atoms with Crippen LogP contribution in [0.1, 0.15) is 19.3 Å². The van der Waals surface area contributed by atoms with Crippen LogP contribution in [-0.4, -0.2) is 45.1 Å². The number of fused-ring (bicyclic) bond motifs is 1. The highest BCUT2D eigenvalue weighted by atomic mass is 35.5. The van der Waals surface area contributed by atoms with E-state index in [2.05, 4.69) is 20.2 Å². The van der Waals surface area contributed by atoms with Crippen molar-refractivity contribution in [1.29, 1.82) is 0 Å². The zero-order valence-corrected chi connectivity index (χ0v) is 16.5. The largest absolute Gasteiger partial charge is 0.462 e. The third kappa shape index (κ3) is 4.54. The predicted octanol–water partition coefficient (Wildman–Crippen LogP) is 2.44. The molecule has 0 radical (unpaired) electrons. The van der Waals surface area contributed by atoms with Crippen LogP contribution in [0.2, 0.25) is 5.02 Å². The minimum Gasteiger partial charge on any atom is -0.462 e. The second-order valence-electron chi connectivity index (χ2n) is 6.90. The molecule has 9 heteroatoms. The first-order chi connectivity index (χ1) is 14.1. The number of ether oxygens (including phenoxy) is 1. The lowest BCUT2D eigenvalue weighted by molar-refractivity contribution is -0.150. The number of carbonyl (C=O) groups excluding carboxylic acids is 1. The van der Waals surface area contributed by atoms with Crippen molar-refractivity contribution in [3.8, 4) is 0 Å². The van der Waals surface area contributed by atoms with E-state index in [-0.39, 0.29) is 30.6 Å². The van der Waals surface area contributed by atoms with Gasteiger partial charge in [0.25, 0.3) is 5.56 Å². The number of aryl methyl sites for hydroxylation is 1. The standard InChI is InChI=1S/C20H20ClN5O3/c21-14-5-6-18(22-13-14)25-10-7-15(8-11-25)29-19(27)9-12-26-20(28)16-3-1-2-4-17(16)23-24-26/h1-6,13,15H,7-12H2. The highest BCUT2D eigenvalue weighted by Crippen LogP contribution is 2.21. The number of hydrogen-bond acceptors (Lipinski definition) is 7. The summed E-state index contributed by atoms with van der Waals surface area (Å²) >= 11 is 5.88. The van der Waals surface area contributed by atoms with Crippen molar-refractivity contribution in [3.05, 3.63) is 58.0 Å². The van der Waals surface area contributed by atoms with Crippen molar-refractivity contribution in [2.24, 2.45) is 0 Å². The molecule has 4 rings (SSSR count). The lowest BCUT2D eigenvalue weighted by atomic mass is 10.1. The Morgan fingerprint density at radius 2 is 1.97 bits per heavy atom. The number of piperidine rings is 1. The number of carbonyl (C=O) groups is 1. The highest BCUT2D eigenvalue weighted by molar-refractivity contribution is 6.30. The van der Waals surface area contributed by atoms with Gasteiger partial charge in [-0.15, -0.1) is 5.10 Å². The molecule has 3 aromatic rings. The quantitative estimate of drug-likeness (QED) is 0.593. The molecule has 0 spiro atoms. The summed E-state index contributed by atoms with van der Waals surface area (Å²) in [5, 5.41) is 9.01. The molecule has 0 bridgehead atoms. The summed E-state index contributed by atoms with van der Waals surface area (Å²) in [6, 6.07) is 10.7. The minimum atomic E-state index is -0.338. The van der Waals surface area contributed by atoms with Crippen LogP contribution in [0.5, 0.6) is 0 Å². The zero-order valence-electron chi connectivity index (χ0n) is 15.7. The molecular formula is C20H20ClN5O3. The van der Waals surface area contributed by atoms with Crippen LogP contribution in [0.25, 0.3) is 10.9 Å². The Balaban J connectivity index is 1.28. The lowest BCUT2D eigenvalue weighted by Gasteiger charge is -2.32. The summed E-state index contributed by atoms with van der Waals surface area (Å²) in [7, 11) is 0. The molecule has 0 saturated carbocycles. The maximum atomic E-state index is 12.4. The van der Waals surface area contributed by atoms with Gasteiger partial charge in [0.15, 0.2) is 0 Å². The molecule has 0 aliphatic carbocycles. The van der Waals surface area contributed by atoms with E-state index >= 15 is 0 Å². The molecule has 1 aromatic carbocycles. The SMILES string of the molecule is O=C(CCn1nnc2ccccc2c1=O)OC1CCN(c2ccc(Cl)cn2)CC1. The van der Waals surface area contributed by atoms with E-state index in [0.29, 0.717) is 15.9 Å². The lowest BCUT2D eigenvalue weighted by Crippen LogP contribution is -2.38. The molecule has 29 heavy (non-hydrogen) atoms. The average Bonchev–Trinajstić information content (AvgIpc) is 2.75. The maximum absolute atomic E-state index is 12.4. The van der Waals surface area contributed by atoms with Crippen LogP contribution in [-0.2, 0) is 16.1 Å². The van der Waals surface area contributed by atoms with Gasteiger partial charge in [-0.25, -0.2) is 9.67 Å². The number of benzene rings is 1. The van der Waals surface area contributed by atoms with Gasteiger partial charge in [-0.1, -0.05) is 28.9 Å². The molecule has 1 aliphatic heterocycles. The first kappa shape index (κ1) is 19.3. The fraction of sp³-hybridized carbons (Fsp3) is 0.350. The van der Waals surface area contributed by atoms with E-state index in [1.807, 2.05) is 12.1 Å². The van der Waals surface area contributed by atoms with Gasteiger partial charge in [0.05, 0.1) is 23.4 Å². The molecule has 0 unspecified atom stereocenters. The number of nitrogens with zero attached hydrogens (tertiary/aromatic N) is 5. The molecule has 8 nitrogen and oxygen atoms in total. The topological polar surface area (TPSA) is 90.2 Å².